The number of benzene rings is 1. The molecular formula is C19H29N3O3. The van der Waals surface area contributed by atoms with Crippen LogP contribution in [-0.4, -0.2) is 25.0 Å². The molecule has 0 aromatic heterocycles. The van der Waals surface area contributed by atoms with Crippen molar-refractivity contribution < 1.29 is 14.3 Å². The summed E-state index contributed by atoms with van der Waals surface area (Å²) in [5, 5.41) is 5.70. The van der Waals surface area contributed by atoms with E-state index in [-0.39, 0.29) is 23.7 Å². The SMILES string of the molecule is COc1ccc(NC(=O)[C@H](N)C2CCCCC2)c(NC(=O)C(C)C)c1. The van der Waals surface area contributed by atoms with Crippen LogP contribution in [0.2, 0.25) is 0 Å². The Morgan fingerprint density at radius 3 is 2.32 bits per heavy atom. The molecule has 0 spiro atoms. The second-order valence-corrected chi connectivity index (χ2v) is 6.97. The van der Waals surface area contributed by atoms with E-state index in [9.17, 15) is 9.59 Å². The summed E-state index contributed by atoms with van der Waals surface area (Å²) < 4.78 is 5.21. The molecule has 4 N–H and O–H groups in total. The lowest BCUT2D eigenvalue weighted by molar-refractivity contribution is -0.119. The molecule has 0 radical (unpaired) electrons. The van der Waals surface area contributed by atoms with Crippen molar-refractivity contribution in [3.8, 4) is 5.75 Å². The van der Waals surface area contributed by atoms with Gasteiger partial charge >= 0.3 is 0 Å². The van der Waals surface area contributed by atoms with Gasteiger partial charge in [-0.1, -0.05) is 33.1 Å². The van der Waals surface area contributed by atoms with Gasteiger partial charge in [-0.25, -0.2) is 0 Å². The van der Waals surface area contributed by atoms with Gasteiger partial charge in [-0.05, 0) is 30.9 Å². The van der Waals surface area contributed by atoms with Gasteiger partial charge in [-0.3, -0.25) is 9.59 Å². The first-order valence-electron chi connectivity index (χ1n) is 8.97. The average Bonchev–Trinajstić information content (AvgIpc) is 2.62. The number of rotatable bonds is 6. The van der Waals surface area contributed by atoms with Gasteiger partial charge in [0.05, 0.1) is 24.5 Å². The summed E-state index contributed by atoms with van der Waals surface area (Å²) in [7, 11) is 1.56. The number of anilines is 2. The van der Waals surface area contributed by atoms with Gasteiger partial charge in [0.2, 0.25) is 11.8 Å². The normalized spacial score (nSPS) is 16.4. The number of carbonyl (C=O) groups is 2. The highest BCUT2D eigenvalue weighted by Crippen LogP contribution is 2.29. The van der Waals surface area contributed by atoms with Crippen LogP contribution >= 0.6 is 0 Å². The Morgan fingerprint density at radius 1 is 1.08 bits per heavy atom. The predicted octanol–water partition coefficient (Wildman–Crippen LogP) is 3.14. The molecule has 0 saturated heterocycles. The van der Waals surface area contributed by atoms with Crippen LogP contribution in [0.3, 0.4) is 0 Å². The standard InChI is InChI=1S/C19H29N3O3/c1-12(2)18(23)22-16-11-14(25-3)9-10-15(16)21-19(24)17(20)13-7-5-4-6-8-13/h9-13,17H,4-8,20H2,1-3H3,(H,21,24)(H,22,23)/t17-/m1/s1. The van der Waals surface area contributed by atoms with Gasteiger partial charge < -0.3 is 21.1 Å². The minimum Gasteiger partial charge on any atom is -0.497 e. The van der Waals surface area contributed by atoms with Crippen molar-refractivity contribution in [1.29, 1.82) is 0 Å². The van der Waals surface area contributed by atoms with Crippen molar-refractivity contribution in [2.75, 3.05) is 17.7 Å². The highest BCUT2D eigenvalue weighted by molar-refractivity contribution is 6.02. The van der Waals surface area contributed by atoms with E-state index in [1.54, 1.807) is 25.3 Å². The van der Waals surface area contributed by atoms with E-state index in [0.717, 1.165) is 25.7 Å². The maximum atomic E-state index is 12.6. The Labute approximate surface area is 149 Å². The summed E-state index contributed by atoms with van der Waals surface area (Å²) in [4.78, 5) is 24.6. The second kappa shape index (κ2) is 8.85. The van der Waals surface area contributed by atoms with Crippen molar-refractivity contribution >= 4 is 23.2 Å². The molecule has 2 rings (SSSR count). The van der Waals surface area contributed by atoms with Crippen molar-refractivity contribution in [3.05, 3.63) is 18.2 Å². The van der Waals surface area contributed by atoms with Crippen molar-refractivity contribution in [2.24, 2.45) is 17.6 Å². The molecule has 0 bridgehead atoms. The first-order valence-corrected chi connectivity index (χ1v) is 8.97. The number of ether oxygens (including phenoxy) is 1. The van der Waals surface area contributed by atoms with Crippen LogP contribution in [0, 0.1) is 11.8 Å². The fraction of sp³-hybridized carbons (Fsp3) is 0.579. The van der Waals surface area contributed by atoms with Crippen LogP contribution in [0.15, 0.2) is 18.2 Å². The monoisotopic (exact) mass is 347 g/mol. The van der Waals surface area contributed by atoms with E-state index in [1.165, 1.54) is 6.42 Å². The van der Waals surface area contributed by atoms with E-state index in [0.29, 0.717) is 17.1 Å². The smallest absolute Gasteiger partial charge is 0.241 e. The Kier molecular flexibility index (Phi) is 6.82. The topological polar surface area (TPSA) is 93.4 Å². The molecule has 0 heterocycles. The quantitative estimate of drug-likeness (QED) is 0.737. The number of nitrogens with one attached hydrogen (secondary N) is 2. The zero-order valence-corrected chi connectivity index (χ0v) is 15.3. The molecule has 6 nitrogen and oxygen atoms in total. The van der Waals surface area contributed by atoms with Crippen molar-refractivity contribution in [1.82, 2.24) is 0 Å². The van der Waals surface area contributed by atoms with Crippen LogP contribution in [0.25, 0.3) is 0 Å². The molecule has 1 aliphatic rings. The van der Waals surface area contributed by atoms with Gasteiger partial charge in [0.1, 0.15) is 5.75 Å². The summed E-state index contributed by atoms with van der Waals surface area (Å²) in [5.74, 6) is 0.325. The van der Waals surface area contributed by atoms with E-state index < -0.39 is 6.04 Å². The summed E-state index contributed by atoms with van der Waals surface area (Å²) in [5.41, 5.74) is 7.22. The molecule has 0 aliphatic heterocycles. The number of amides is 2. The van der Waals surface area contributed by atoms with E-state index >= 15 is 0 Å². The van der Waals surface area contributed by atoms with Gasteiger partial charge in [0, 0.05) is 12.0 Å². The van der Waals surface area contributed by atoms with Gasteiger partial charge in [-0.2, -0.15) is 0 Å². The number of nitrogens with two attached hydrogens (primary N) is 1. The second-order valence-electron chi connectivity index (χ2n) is 6.97. The molecule has 1 aromatic rings. The largest absolute Gasteiger partial charge is 0.497 e. The van der Waals surface area contributed by atoms with Crippen molar-refractivity contribution in [3.63, 3.8) is 0 Å². The predicted molar refractivity (Wildman–Crippen MR) is 99.6 cm³/mol. The molecule has 1 atom stereocenters. The lowest BCUT2D eigenvalue weighted by Crippen LogP contribution is -2.42. The minimum atomic E-state index is -0.531. The number of methoxy groups -OCH3 is 1. The molecule has 0 unspecified atom stereocenters. The average molecular weight is 347 g/mol. The number of hydrogen-bond acceptors (Lipinski definition) is 4. The maximum absolute atomic E-state index is 12.6. The minimum absolute atomic E-state index is 0.125. The lowest BCUT2D eigenvalue weighted by Gasteiger charge is -2.27. The first kappa shape index (κ1) is 19.2. The van der Waals surface area contributed by atoms with E-state index in [4.69, 9.17) is 10.5 Å². The Balaban J connectivity index is 2.13. The highest BCUT2D eigenvalue weighted by Gasteiger charge is 2.26. The Hall–Kier alpha value is -2.08. The van der Waals surface area contributed by atoms with Crippen LogP contribution in [0.4, 0.5) is 11.4 Å². The highest BCUT2D eigenvalue weighted by atomic mass is 16.5. The van der Waals surface area contributed by atoms with E-state index in [2.05, 4.69) is 10.6 Å². The van der Waals surface area contributed by atoms with Gasteiger partial charge in [0.15, 0.2) is 0 Å². The molecule has 1 aliphatic carbocycles. The third kappa shape index (κ3) is 5.19. The van der Waals surface area contributed by atoms with Crippen LogP contribution < -0.4 is 21.1 Å². The Bertz CT molecular complexity index is 610. The number of carbonyl (C=O) groups excluding carboxylic acids is 2. The summed E-state index contributed by atoms with van der Waals surface area (Å²) in [6.45, 7) is 3.62. The fourth-order valence-corrected chi connectivity index (χ4v) is 3.06. The van der Waals surface area contributed by atoms with Gasteiger partial charge in [-0.15, -0.1) is 0 Å². The fourth-order valence-electron chi connectivity index (χ4n) is 3.06. The molecule has 1 saturated carbocycles. The van der Waals surface area contributed by atoms with Crippen molar-refractivity contribution in [2.45, 2.75) is 52.0 Å². The molecule has 6 heteroatoms. The van der Waals surface area contributed by atoms with Crippen LogP contribution in [0.1, 0.15) is 46.0 Å². The summed E-state index contributed by atoms with van der Waals surface area (Å²) in [6, 6.07) is 4.63. The third-order valence-corrected chi connectivity index (χ3v) is 4.73. The Morgan fingerprint density at radius 2 is 1.72 bits per heavy atom. The summed E-state index contributed by atoms with van der Waals surface area (Å²) in [6.07, 6.45) is 5.46. The van der Waals surface area contributed by atoms with Gasteiger partial charge in [0.25, 0.3) is 0 Å². The van der Waals surface area contributed by atoms with Crippen LogP contribution in [0.5, 0.6) is 5.75 Å². The molecule has 138 valence electrons. The zero-order chi connectivity index (χ0) is 18.4. The van der Waals surface area contributed by atoms with Crippen LogP contribution in [-0.2, 0) is 9.59 Å². The van der Waals surface area contributed by atoms with E-state index in [1.807, 2.05) is 13.8 Å². The first-order chi connectivity index (χ1) is 11.9. The zero-order valence-electron chi connectivity index (χ0n) is 15.3. The molecule has 1 aromatic carbocycles. The summed E-state index contributed by atoms with van der Waals surface area (Å²) >= 11 is 0. The lowest BCUT2D eigenvalue weighted by atomic mass is 9.84. The molecule has 2 amide bonds. The molecular weight excluding hydrogens is 318 g/mol. The molecule has 1 fully saturated rings. The maximum Gasteiger partial charge on any atom is 0.241 e. The third-order valence-electron chi connectivity index (χ3n) is 4.73. The molecule has 25 heavy (non-hydrogen) atoms. The number of hydrogen-bond donors (Lipinski definition) is 3.